The fourth-order valence-electron chi connectivity index (χ4n) is 4.24. The van der Waals surface area contributed by atoms with Crippen LogP contribution in [0, 0.1) is 0 Å². The third-order valence-corrected chi connectivity index (χ3v) is 5.84. The Balaban J connectivity index is 1.35. The first kappa shape index (κ1) is 19.4. The average Bonchev–Trinajstić information content (AvgIpc) is 3.29. The van der Waals surface area contributed by atoms with Gasteiger partial charge in [-0.15, -0.1) is 10.2 Å². The van der Waals surface area contributed by atoms with E-state index >= 15 is 0 Å². The number of methoxy groups -OCH3 is 1. The molecule has 5 rings (SSSR count). The Morgan fingerprint density at radius 2 is 2.10 bits per heavy atom. The summed E-state index contributed by atoms with van der Waals surface area (Å²) in [7, 11) is 1.64. The molecule has 2 N–H and O–H groups in total. The fourth-order valence-corrected chi connectivity index (χ4v) is 4.24. The number of hydrogen-bond acceptors (Lipinski definition) is 4. The van der Waals surface area contributed by atoms with Gasteiger partial charge in [0, 0.05) is 41.3 Å². The van der Waals surface area contributed by atoms with Crippen molar-refractivity contribution in [1.29, 1.82) is 0 Å². The highest BCUT2D eigenvalue weighted by Gasteiger charge is 2.17. The normalized spacial score (nSPS) is 13.6. The lowest BCUT2D eigenvalue weighted by Gasteiger charge is -2.09. The van der Waals surface area contributed by atoms with E-state index < -0.39 is 0 Å². The summed E-state index contributed by atoms with van der Waals surface area (Å²) < 4.78 is 7.53. The number of benzene rings is 2. The van der Waals surface area contributed by atoms with E-state index in [1.165, 1.54) is 6.42 Å². The minimum Gasteiger partial charge on any atom is -0.497 e. The molecule has 0 spiro atoms. The monoisotopic (exact) mass is 415 g/mol. The van der Waals surface area contributed by atoms with E-state index in [1.807, 2.05) is 48.7 Å². The SMILES string of the molecule is COc1ccc2[nH]cc(CC(=O)Nc3cccc(-c4nnc5n4CCCCC5)c3)c2c1. The molecule has 0 bridgehead atoms. The van der Waals surface area contributed by atoms with Gasteiger partial charge in [0.15, 0.2) is 5.82 Å². The van der Waals surface area contributed by atoms with Gasteiger partial charge in [-0.25, -0.2) is 0 Å². The summed E-state index contributed by atoms with van der Waals surface area (Å²) in [5, 5.41) is 12.8. The van der Waals surface area contributed by atoms with Gasteiger partial charge in [0.05, 0.1) is 13.5 Å². The molecule has 1 aliphatic rings. The van der Waals surface area contributed by atoms with Crippen molar-refractivity contribution in [3.8, 4) is 17.1 Å². The lowest BCUT2D eigenvalue weighted by atomic mass is 10.1. The van der Waals surface area contributed by atoms with Crippen LogP contribution >= 0.6 is 0 Å². The van der Waals surface area contributed by atoms with Crippen LogP contribution in [0.15, 0.2) is 48.7 Å². The minimum atomic E-state index is -0.0686. The first-order chi connectivity index (χ1) is 15.2. The smallest absolute Gasteiger partial charge is 0.228 e. The van der Waals surface area contributed by atoms with E-state index in [4.69, 9.17) is 4.74 Å². The van der Waals surface area contributed by atoms with E-state index in [2.05, 4.69) is 25.1 Å². The molecule has 4 aromatic rings. The maximum atomic E-state index is 12.8. The van der Waals surface area contributed by atoms with Gasteiger partial charge >= 0.3 is 0 Å². The summed E-state index contributed by atoms with van der Waals surface area (Å²) in [6, 6.07) is 13.6. The summed E-state index contributed by atoms with van der Waals surface area (Å²) in [5.74, 6) is 2.63. The first-order valence-electron chi connectivity index (χ1n) is 10.7. The quantitative estimate of drug-likeness (QED) is 0.508. The number of carbonyl (C=O) groups excluding carboxylic acids is 1. The number of fused-ring (bicyclic) bond motifs is 2. The second kappa shape index (κ2) is 8.26. The van der Waals surface area contributed by atoms with Crippen molar-refractivity contribution >= 4 is 22.5 Å². The molecule has 3 heterocycles. The number of amides is 1. The maximum absolute atomic E-state index is 12.8. The zero-order valence-corrected chi connectivity index (χ0v) is 17.5. The molecule has 0 fully saturated rings. The Kier molecular flexibility index (Phi) is 5.16. The van der Waals surface area contributed by atoms with Gasteiger partial charge < -0.3 is 19.6 Å². The second-order valence-corrected chi connectivity index (χ2v) is 7.93. The van der Waals surface area contributed by atoms with Crippen molar-refractivity contribution in [3.05, 3.63) is 60.0 Å². The molecule has 1 aliphatic heterocycles. The van der Waals surface area contributed by atoms with Gasteiger partial charge in [0.25, 0.3) is 0 Å². The second-order valence-electron chi connectivity index (χ2n) is 7.93. The number of nitrogens with zero attached hydrogens (tertiary/aromatic N) is 3. The van der Waals surface area contributed by atoms with Crippen LogP contribution in [0.4, 0.5) is 5.69 Å². The maximum Gasteiger partial charge on any atom is 0.228 e. The fraction of sp³-hybridized carbons (Fsp3) is 0.292. The molecule has 0 radical (unpaired) electrons. The molecule has 0 aliphatic carbocycles. The third-order valence-electron chi connectivity index (χ3n) is 5.84. The number of aromatic amines is 1. The van der Waals surface area contributed by atoms with Crippen LogP contribution < -0.4 is 10.1 Å². The number of carbonyl (C=O) groups is 1. The van der Waals surface area contributed by atoms with Crippen molar-refractivity contribution in [1.82, 2.24) is 19.7 Å². The van der Waals surface area contributed by atoms with Crippen LogP contribution in [-0.4, -0.2) is 32.8 Å². The van der Waals surface area contributed by atoms with Crippen LogP contribution in [0.2, 0.25) is 0 Å². The molecule has 0 unspecified atom stereocenters. The third kappa shape index (κ3) is 3.91. The number of ether oxygens (including phenoxy) is 1. The van der Waals surface area contributed by atoms with Crippen LogP contribution in [-0.2, 0) is 24.2 Å². The summed E-state index contributed by atoms with van der Waals surface area (Å²) >= 11 is 0. The summed E-state index contributed by atoms with van der Waals surface area (Å²) in [6.07, 6.45) is 6.65. The topological polar surface area (TPSA) is 84.8 Å². The van der Waals surface area contributed by atoms with Gasteiger partial charge in [0.2, 0.25) is 5.91 Å². The molecular formula is C24H25N5O2. The number of H-pyrrole nitrogens is 1. The Bertz CT molecular complexity index is 1240. The van der Waals surface area contributed by atoms with E-state index in [9.17, 15) is 4.79 Å². The van der Waals surface area contributed by atoms with Crippen LogP contribution in [0.3, 0.4) is 0 Å². The standard InChI is InChI=1S/C24H25N5O2/c1-31-19-9-10-21-20(14-19)17(15-25-21)13-23(30)26-18-7-5-6-16(12-18)24-28-27-22-8-3-2-4-11-29(22)24/h5-7,9-10,12,14-15,25H,2-4,8,11,13H2,1H3,(H,26,30). The Hall–Kier alpha value is -3.61. The van der Waals surface area contributed by atoms with E-state index in [0.29, 0.717) is 0 Å². The summed E-state index contributed by atoms with van der Waals surface area (Å²) in [6.45, 7) is 0.943. The molecule has 158 valence electrons. The average molecular weight is 415 g/mol. The molecule has 31 heavy (non-hydrogen) atoms. The Morgan fingerprint density at radius 1 is 1.16 bits per heavy atom. The number of nitrogens with one attached hydrogen (secondary N) is 2. The highest BCUT2D eigenvalue weighted by atomic mass is 16.5. The number of rotatable bonds is 5. The molecule has 7 heteroatoms. The number of hydrogen-bond donors (Lipinski definition) is 2. The predicted octanol–water partition coefficient (Wildman–Crippen LogP) is 4.34. The first-order valence-corrected chi connectivity index (χ1v) is 10.7. The highest BCUT2D eigenvalue weighted by Crippen LogP contribution is 2.26. The van der Waals surface area contributed by atoms with Crippen molar-refractivity contribution in [2.75, 3.05) is 12.4 Å². The van der Waals surface area contributed by atoms with E-state index in [0.717, 1.165) is 70.9 Å². The van der Waals surface area contributed by atoms with Crippen LogP contribution in [0.1, 0.15) is 30.7 Å². The molecule has 0 saturated heterocycles. The largest absolute Gasteiger partial charge is 0.497 e. The number of aromatic nitrogens is 4. The van der Waals surface area contributed by atoms with Gasteiger partial charge in [-0.2, -0.15) is 0 Å². The lowest BCUT2D eigenvalue weighted by Crippen LogP contribution is -2.14. The zero-order valence-electron chi connectivity index (χ0n) is 17.5. The number of aryl methyl sites for hydroxylation is 1. The van der Waals surface area contributed by atoms with Gasteiger partial charge in [-0.1, -0.05) is 18.6 Å². The molecule has 1 amide bonds. The van der Waals surface area contributed by atoms with E-state index in [-0.39, 0.29) is 12.3 Å². The Morgan fingerprint density at radius 3 is 3.00 bits per heavy atom. The molecule has 2 aromatic heterocycles. The predicted molar refractivity (Wildman–Crippen MR) is 120 cm³/mol. The molecule has 2 aromatic carbocycles. The van der Waals surface area contributed by atoms with Crippen LogP contribution in [0.25, 0.3) is 22.3 Å². The minimum absolute atomic E-state index is 0.0686. The van der Waals surface area contributed by atoms with Gasteiger partial charge in [-0.3, -0.25) is 4.79 Å². The van der Waals surface area contributed by atoms with Crippen molar-refractivity contribution < 1.29 is 9.53 Å². The van der Waals surface area contributed by atoms with Crippen LogP contribution in [0.5, 0.6) is 5.75 Å². The van der Waals surface area contributed by atoms with Crippen molar-refractivity contribution in [2.24, 2.45) is 0 Å². The molecule has 0 saturated carbocycles. The summed E-state index contributed by atoms with van der Waals surface area (Å²) in [4.78, 5) is 16.0. The van der Waals surface area contributed by atoms with Crippen molar-refractivity contribution in [2.45, 2.75) is 38.6 Å². The molecule has 7 nitrogen and oxygen atoms in total. The molecular weight excluding hydrogens is 390 g/mol. The van der Waals surface area contributed by atoms with Gasteiger partial charge in [0.1, 0.15) is 11.6 Å². The van der Waals surface area contributed by atoms with E-state index in [1.54, 1.807) is 7.11 Å². The summed E-state index contributed by atoms with van der Waals surface area (Å²) in [5.41, 5.74) is 3.64. The zero-order chi connectivity index (χ0) is 21.2. The lowest BCUT2D eigenvalue weighted by molar-refractivity contribution is -0.115. The highest BCUT2D eigenvalue weighted by molar-refractivity contribution is 5.96. The Labute approximate surface area is 180 Å². The van der Waals surface area contributed by atoms with Gasteiger partial charge in [-0.05, 0) is 48.7 Å². The van der Waals surface area contributed by atoms with Crippen molar-refractivity contribution in [3.63, 3.8) is 0 Å². The molecule has 0 atom stereocenters. The number of anilines is 1.